The fourth-order valence-corrected chi connectivity index (χ4v) is 4.51. The van der Waals surface area contributed by atoms with E-state index in [-0.39, 0.29) is 23.6 Å². The van der Waals surface area contributed by atoms with Crippen LogP contribution in [0, 0.1) is 6.92 Å². The van der Waals surface area contributed by atoms with Crippen molar-refractivity contribution in [1.29, 1.82) is 0 Å². The van der Waals surface area contributed by atoms with Gasteiger partial charge in [-0.3, -0.25) is 9.59 Å². The molecule has 6 heteroatoms. The maximum atomic E-state index is 13.7. The summed E-state index contributed by atoms with van der Waals surface area (Å²) in [7, 11) is 0. The first-order valence-electron chi connectivity index (χ1n) is 10.8. The second kappa shape index (κ2) is 10.3. The number of anilines is 1. The highest BCUT2D eigenvalue weighted by Gasteiger charge is 2.23. The smallest absolute Gasteiger partial charge is 0.291 e. The van der Waals surface area contributed by atoms with Gasteiger partial charge in [0.2, 0.25) is 0 Å². The number of aryl methyl sites for hydroxylation is 1. The van der Waals surface area contributed by atoms with Crippen molar-refractivity contribution in [2.75, 3.05) is 5.32 Å². The zero-order valence-corrected chi connectivity index (χ0v) is 19.5. The minimum Gasteiger partial charge on any atom is -0.459 e. The molecule has 2 amide bonds. The summed E-state index contributed by atoms with van der Waals surface area (Å²) in [5.41, 5.74) is 3.06. The Morgan fingerprint density at radius 3 is 2.55 bits per heavy atom. The molecule has 2 aromatic carbocycles. The van der Waals surface area contributed by atoms with Gasteiger partial charge in [0.25, 0.3) is 11.8 Å². The van der Waals surface area contributed by atoms with E-state index in [1.807, 2.05) is 60.4 Å². The third-order valence-electron chi connectivity index (χ3n) is 5.54. The zero-order chi connectivity index (χ0) is 23.2. The van der Waals surface area contributed by atoms with Crippen LogP contribution < -0.4 is 5.32 Å². The number of amides is 2. The minimum absolute atomic E-state index is 0.00109. The number of nitrogens with one attached hydrogen (secondary N) is 1. The predicted octanol–water partition coefficient (Wildman–Crippen LogP) is 6.18. The lowest BCUT2D eigenvalue weighted by atomic mass is 10.1. The summed E-state index contributed by atoms with van der Waals surface area (Å²) in [5.74, 6) is -0.197. The first-order chi connectivity index (χ1) is 16.0. The predicted molar refractivity (Wildman–Crippen MR) is 132 cm³/mol. The lowest BCUT2D eigenvalue weighted by molar-refractivity contribution is 0.0675. The summed E-state index contributed by atoms with van der Waals surface area (Å²) >= 11 is 1.70. The highest BCUT2D eigenvalue weighted by atomic mass is 32.1. The number of thiophene rings is 1. The van der Waals surface area contributed by atoms with Crippen LogP contribution in [0.15, 0.2) is 88.9 Å². The van der Waals surface area contributed by atoms with Gasteiger partial charge in [0.1, 0.15) is 0 Å². The van der Waals surface area contributed by atoms with E-state index in [1.165, 1.54) is 11.1 Å². The number of carbonyl (C=O) groups excluding carboxylic acids is 2. The molecular weight excluding hydrogens is 432 g/mol. The van der Waals surface area contributed by atoms with E-state index >= 15 is 0 Å². The van der Waals surface area contributed by atoms with Gasteiger partial charge in [0.05, 0.1) is 6.26 Å². The van der Waals surface area contributed by atoms with E-state index in [0.717, 1.165) is 17.5 Å². The third kappa shape index (κ3) is 5.59. The Balaban J connectivity index is 1.60. The van der Waals surface area contributed by atoms with Crippen LogP contribution in [0.25, 0.3) is 0 Å². The first-order valence-corrected chi connectivity index (χ1v) is 11.7. The van der Waals surface area contributed by atoms with Crippen molar-refractivity contribution in [2.24, 2.45) is 0 Å². The van der Waals surface area contributed by atoms with Gasteiger partial charge in [0.15, 0.2) is 5.76 Å². The van der Waals surface area contributed by atoms with Crippen molar-refractivity contribution in [3.05, 3.63) is 112 Å². The lowest BCUT2D eigenvalue weighted by Crippen LogP contribution is -2.39. The van der Waals surface area contributed by atoms with Crippen molar-refractivity contribution >= 4 is 28.8 Å². The lowest BCUT2D eigenvalue weighted by Gasteiger charge is -2.30. The maximum absolute atomic E-state index is 13.7. The second-order valence-corrected chi connectivity index (χ2v) is 9.04. The fraction of sp³-hybridized carbons (Fsp3) is 0.185. The van der Waals surface area contributed by atoms with Crippen molar-refractivity contribution in [3.8, 4) is 0 Å². The van der Waals surface area contributed by atoms with Gasteiger partial charge in [-0.15, -0.1) is 11.3 Å². The standard InChI is InChI=1S/C27H26N2O3S/c1-19-12-13-22(17-24(19)28-26(30)25-11-6-14-32-25)27(31)29(18-21-8-4-3-5-9-21)20(2)16-23-10-7-15-33-23/h3-15,17,20H,16,18H2,1-2H3,(H,28,30)/t20-/m1/s1. The van der Waals surface area contributed by atoms with Gasteiger partial charge in [0, 0.05) is 35.1 Å². The van der Waals surface area contributed by atoms with Crippen molar-refractivity contribution in [1.82, 2.24) is 4.90 Å². The molecule has 2 heterocycles. The van der Waals surface area contributed by atoms with Gasteiger partial charge >= 0.3 is 0 Å². The Hall–Kier alpha value is -3.64. The number of nitrogens with zero attached hydrogens (tertiary/aromatic N) is 1. The quantitative estimate of drug-likeness (QED) is 0.343. The van der Waals surface area contributed by atoms with Crippen LogP contribution >= 0.6 is 11.3 Å². The van der Waals surface area contributed by atoms with Crippen molar-refractivity contribution in [2.45, 2.75) is 32.9 Å². The van der Waals surface area contributed by atoms with E-state index in [2.05, 4.69) is 23.7 Å². The molecule has 0 fully saturated rings. The van der Waals surface area contributed by atoms with Crippen LogP contribution in [0.4, 0.5) is 5.69 Å². The summed E-state index contributed by atoms with van der Waals surface area (Å²) in [5, 5.41) is 4.92. The van der Waals surface area contributed by atoms with Crippen LogP contribution in [0.5, 0.6) is 0 Å². The van der Waals surface area contributed by atoms with Gasteiger partial charge in [-0.05, 0) is 60.7 Å². The molecule has 0 unspecified atom stereocenters. The molecule has 0 radical (unpaired) electrons. The average molecular weight is 459 g/mol. The Kier molecular flexibility index (Phi) is 7.05. The summed E-state index contributed by atoms with van der Waals surface area (Å²) in [4.78, 5) is 29.3. The molecule has 1 atom stereocenters. The molecular formula is C27H26N2O3S. The van der Waals surface area contributed by atoms with E-state index in [0.29, 0.717) is 17.8 Å². The molecule has 0 aliphatic rings. The topological polar surface area (TPSA) is 62.6 Å². The molecule has 2 aromatic heterocycles. The van der Waals surface area contributed by atoms with Crippen LogP contribution in [-0.4, -0.2) is 22.8 Å². The summed E-state index contributed by atoms with van der Waals surface area (Å²) in [6.07, 6.45) is 2.24. The molecule has 33 heavy (non-hydrogen) atoms. The van der Waals surface area contributed by atoms with Gasteiger partial charge in [-0.1, -0.05) is 42.5 Å². The van der Waals surface area contributed by atoms with Crippen molar-refractivity contribution in [3.63, 3.8) is 0 Å². The minimum atomic E-state index is -0.347. The average Bonchev–Trinajstić information content (AvgIpc) is 3.54. The van der Waals surface area contributed by atoms with E-state index in [4.69, 9.17) is 4.42 Å². The SMILES string of the molecule is Cc1ccc(C(=O)N(Cc2ccccc2)[C@H](C)Cc2cccs2)cc1NC(=O)c1ccco1. The van der Waals surface area contributed by atoms with Crippen LogP contribution in [-0.2, 0) is 13.0 Å². The first kappa shape index (κ1) is 22.6. The molecule has 168 valence electrons. The number of hydrogen-bond acceptors (Lipinski definition) is 4. The Morgan fingerprint density at radius 1 is 1.03 bits per heavy atom. The Bertz CT molecular complexity index is 1200. The maximum Gasteiger partial charge on any atom is 0.291 e. The molecule has 0 aliphatic carbocycles. The highest BCUT2D eigenvalue weighted by Crippen LogP contribution is 2.23. The monoisotopic (exact) mass is 458 g/mol. The Morgan fingerprint density at radius 2 is 1.85 bits per heavy atom. The number of rotatable bonds is 8. The summed E-state index contributed by atoms with van der Waals surface area (Å²) in [6.45, 7) is 4.48. The number of hydrogen-bond donors (Lipinski definition) is 1. The van der Waals surface area contributed by atoms with Crippen LogP contribution in [0.1, 0.15) is 43.8 Å². The van der Waals surface area contributed by atoms with E-state index in [9.17, 15) is 9.59 Å². The van der Waals surface area contributed by atoms with Gasteiger partial charge in [-0.2, -0.15) is 0 Å². The molecule has 0 bridgehead atoms. The number of benzene rings is 2. The molecule has 1 N–H and O–H groups in total. The van der Waals surface area contributed by atoms with Gasteiger partial charge < -0.3 is 14.6 Å². The second-order valence-electron chi connectivity index (χ2n) is 8.01. The van der Waals surface area contributed by atoms with E-state index in [1.54, 1.807) is 29.5 Å². The molecule has 4 aromatic rings. The van der Waals surface area contributed by atoms with E-state index < -0.39 is 0 Å². The molecule has 5 nitrogen and oxygen atoms in total. The van der Waals surface area contributed by atoms with Crippen LogP contribution in [0.2, 0.25) is 0 Å². The van der Waals surface area contributed by atoms with Crippen LogP contribution in [0.3, 0.4) is 0 Å². The molecule has 0 saturated carbocycles. The summed E-state index contributed by atoms with van der Waals surface area (Å²) in [6, 6.07) is 22.8. The number of carbonyl (C=O) groups is 2. The molecule has 0 saturated heterocycles. The largest absolute Gasteiger partial charge is 0.459 e. The highest BCUT2D eigenvalue weighted by molar-refractivity contribution is 7.09. The normalized spacial score (nSPS) is 11.7. The number of furan rings is 1. The Labute approximate surface area is 197 Å². The molecule has 0 spiro atoms. The molecule has 4 rings (SSSR count). The zero-order valence-electron chi connectivity index (χ0n) is 18.7. The summed E-state index contributed by atoms with van der Waals surface area (Å²) < 4.78 is 5.18. The van der Waals surface area contributed by atoms with Crippen molar-refractivity contribution < 1.29 is 14.0 Å². The third-order valence-corrected chi connectivity index (χ3v) is 6.44. The fourth-order valence-electron chi connectivity index (χ4n) is 3.69. The molecule has 0 aliphatic heterocycles. The van der Waals surface area contributed by atoms with Gasteiger partial charge in [-0.25, -0.2) is 0 Å².